The average Bonchev–Trinajstić information content (AvgIpc) is 3.36. The summed E-state index contributed by atoms with van der Waals surface area (Å²) in [6, 6.07) is 6.40. The van der Waals surface area contributed by atoms with Crippen molar-refractivity contribution in [3.63, 3.8) is 0 Å². The monoisotopic (exact) mass is 382 g/mol. The molecule has 142 valence electrons. The van der Waals surface area contributed by atoms with Gasteiger partial charge in [-0.2, -0.15) is 0 Å². The van der Waals surface area contributed by atoms with Crippen molar-refractivity contribution in [2.75, 3.05) is 32.1 Å². The summed E-state index contributed by atoms with van der Waals surface area (Å²) < 4.78 is 35.1. The maximum Gasteiger partial charge on any atom is 0.344 e. The van der Waals surface area contributed by atoms with Crippen LogP contribution in [0.4, 0.5) is 5.69 Å². The summed E-state index contributed by atoms with van der Waals surface area (Å²) in [7, 11) is -2.13. The van der Waals surface area contributed by atoms with Crippen molar-refractivity contribution in [2.45, 2.75) is 24.5 Å². The third-order valence-corrected chi connectivity index (χ3v) is 7.48. The topological polar surface area (TPSA) is 102 Å². The minimum atomic E-state index is -3.63. The number of hydrogen-bond donors (Lipinski definition) is 1. The van der Waals surface area contributed by atoms with Gasteiger partial charge in [-0.05, 0) is 49.9 Å². The molecule has 1 saturated heterocycles. The summed E-state index contributed by atoms with van der Waals surface area (Å²) in [5.41, 5.74) is 0.474. The molecule has 0 radical (unpaired) electrons. The quantitative estimate of drug-likeness (QED) is 0.736. The lowest BCUT2D eigenvalue weighted by molar-refractivity contribution is -0.145. The Bertz CT molecular complexity index is 807. The van der Waals surface area contributed by atoms with Gasteiger partial charge in [0.25, 0.3) is 0 Å². The molecule has 1 aromatic rings. The molecule has 2 aliphatic rings. The summed E-state index contributed by atoms with van der Waals surface area (Å²) in [5.74, 6) is -0.621. The van der Waals surface area contributed by atoms with Crippen molar-refractivity contribution in [1.29, 1.82) is 0 Å². The van der Waals surface area contributed by atoms with Gasteiger partial charge >= 0.3 is 5.97 Å². The number of hydrogen-bond acceptors (Lipinski definition) is 6. The molecule has 26 heavy (non-hydrogen) atoms. The first kappa shape index (κ1) is 18.7. The second-order valence-electron chi connectivity index (χ2n) is 6.48. The Kier molecular flexibility index (Phi) is 4.94. The lowest BCUT2D eigenvalue weighted by Gasteiger charge is -2.28. The Morgan fingerprint density at radius 2 is 2.00 bits per heavy atom. The summed E-state index contributed by atoms with van der Waals surface area (Å²) in [4.78, 5) is 23.9. The van der Waals surface area contributed by atoms with Crippen LogP contribution in [0.25, 0.3) is 0 Å². The highest BCUT2D eigenvalue weighted by molar-refractivity contribution is 7.91. The highest BCUT2D eigenvalue weighted by atomic mass is 32.2. The number of carbonyl (C=O) groups excluding carboxylic acids is 2. The summed E-state index contributed by atoms with van der Waals surface area (Å²) in [6.45, 7) is 2.25. The van der Waals surface area contributed by atoms with Gasteiger partial charge in [-0.15, -0.1) is 0 Å². The normalized spacial score (nSPS) is 26.5. The fourth-order valence-electron chi connectivity index (χ4n) is 3.31. The molecule has 2 unspecified atom stereocenters. The van der Waals surface area contributed by atoms with Crippen LogP contribution in [-0.2, 0) is 24.3 Å². The summed E-state index contributed by atoms with van der Waals surface area (Å²) >= 11 is 0. The number of amides is 1. The van der Waals surface area contributed by atoms with E-state index in [0.717, 1.165) is 0 Å². The molecule has 3 rings (SSSR count). The molecule has 1 aliphatic carbocycles. The Labute approximate surface area is 152 Å². The van der Waals surface area contributed by atoms with E-state index in [1.165, 1.54) is 11.4 Å². The maximum atomic E-state index is 12.7. The Morgan fingerprint density at radius 1 is 1.31 bits per heavy atom. The average molecular weight is 382 g/mol. The molecule has 1 heterocycles. The number of benzene rings is 1. The smallest absolute Gasteiger partial charge is 0.344 e. The number of anilines is 1. The minimum Gasteiger partial charge on any atom is -0.482 e. The number of ether oxygens (including phenoxy) is 2. The molecule has 1 amide bonds. The molecule has 9 heteroatoms. The van der Waals surface area contributed by atoms with Crippen LogP contribution in [0.2, 0.25) is 0 Å². The van der Waals surface area contributed by atoms with E-state index in [9.17, 15) is 18.0 Å². The third-order valence-electron chi connectivity index (χ3n) is 4.87. The predicted octanol–water partition coefficient (Wildman–Crippen LogP) is 0.991. The van der Waals surface area contributed by atoms with Crippen molar-refractivity contribution in [2.24, 2.45) is 5.92 Å². The lowest BCUT2D eigenvalue weighted by atomic mass is 10.2. The SMILES string of the molecule is CCOC(=O)COc1ccc(NC(=O)C23CC2CCN(C)S3(=O)=O)cc1. The van der Waals surface area contributed by atoms with Gasteiger partial charge in [-0.3, -0.25) is 4.79 Å². The number of fused-ring (bicyclic) bond motifs is 1. The van der Waals surface area contributed by atoms with E-state index in [-0.39, 0.29) is 19.1 Å². The number of sulfonamides is 1. The summed E-state index contributed by atoms with van der Waals surface area (Å²) in [6.07, 6.45) is 1.07. The lowest BCUT2D eigenvalue weighted by Crippen LogP contribution is -2.50. The number of nitrogens with zero attached hydrogens (tertiary/aromatic N) is 1. The van der Waals surface area contributed by atoms with Gasteiger partial charge in [-0.1, -0.05) is 0 Å². The molecule has 0 spiro atoms. The first-order valence-electron chi connectivity index (χ1n) is 8.47. The van der Waals surface area contributed by atoms with Crippen LogP contribution in [0.1, 0.15) is 19.8 Å². The van der Waals surface area contributed by atoms with E-state index in [1.807, 2.05) is 0 Å². The van der Waals surface area contributed by atoms with E-state index in [4.69, 9.17) is 9.47 Å². The van der Waals surface area contributed by atoms with Crippen LogP contribution in [0.15, 0.2) is 24.3 Å². The molecule has 0 aromatic heterocycles. The van der Waals surface area contributed by atoms with Crippen molar-refractivity contribution < 1.29 is 27.5 Å². The van der Waals surface area contributed by atoms with Crippen molar-refractivity contribution in [3.8, 4) is 5.75 Å². The van der Waals surface area contributed by atoms with E-state index >= 15 is 0 Å². The Balaban J connectivity index is 1.63. The van der Waals surface area contributed by atoms with Gasteiger partial charge in [-0.25, -0.2) is 17.5 Å². The molecule has 2 fully saturated rings. The van der Waals surface area contributed by atoms with E-state index in [2.05, 4.69) is 5.32 Å². The Morgan fingerprint density at radius 3 is 2.65 bits per heavy atom. The molecular formula is C17H22N2O6S. The number of rotatable bonds is 6. The summed E-state index contributed by atoms with van der Waals surface area (Å²) in [5, 5.41) is 2.69. The second-order valence-corrected chi connectivity index (χ2v) is 8.78. The van der Waals surface area contributed by atoms with Gasteiger partial charge < -0.3 is 14.8 Å². The number of esters is 1. The first-order chi connectivity index (χ1) is 12.3. The predicted molar refractivity (Wildman–Crippen MR) is 94.2 cm³/mol. The zero-order valence-corrected chi connectivity index (χ0v) is 15.5. The van der Waals surface area contributed by atoms with Crippen molar-refractivity contribution in [3.05, 3.63) is 24.3 Å². The number of nitrogens with one attached hydrogen (secondary N) is 1. The second kappa shape index (κ2) is 6.88. The van der Waals surface area contributed by atoms with Gasteiger partial charge in [0.05, 0.1) is 6.61 Å². The molecule has 1 saturated carbocycles. The first-order valence-corrected chi connectivity index (χ1v) is 9.91. The minimum absolute atomic E-state index is 0.115. The van der Waals surface area contributed by atoms with Gasteiger partial charge in [0.2, 0.25) is 15.9 Å². The molecule has 2 atom stereocenters. The molecule has 1 N–H and O–H groups in total. The maximum absolute atomic E-state index is 12.7. The van der Waals surface area contributed by atoms with Crippen LogP contribution >= 0.6 is 0 Å². The molecule has 8 nitrogen and oxygen atoms in total. The van der Waals surface area contributed by atoms with Gasteiger partial charge in [0.15, 0.2) is 11.4 Å². The van der Waals surface area contributed by atoms with Gasteiger partial charge in [0.1, 0.15) is 5.75 Å². The van der Waals surface area contributed by atoms with Crippen LogP contribution in [0.3, 0.4) is 0 Å². The van der Waals surface area contributed by atoms with E-state index < -0.39 is 26.6 Å². The Hall–Kier alpha value is -2.13. The fourth-order valence-corrected chi connectivity index (χ4v) is 5.44. The molecule has 1 aliphatic heterocycles. The molecular weight excluding hydrogens is 360 g/mol. The standard InChI is InChI=1S/C17H22N2O6S/c1-3-24-15(20)11-25-14-6-4-13(5-7-14)18-16(21)17-10-12(17)8-9-19(2)26(17,22)23/h4-7,12H,3,8-11H2,1-2H3,(H,18,21). The molecule has 1 aromatic carbocycles. The van der Waals surface area contributed by atoms with Crippen LogP contribution in [-0.4, -0.2) is 56.2 Å². The highest BCUT2D eigenvalue weighted by Crippen LogP contribution is 2.56. The van der Waals surface area contributed by atoms with E-state index in [0.29, 0.717) is 30.8 Å². The van der Waals surface area contributed by atoms with Crippen LogP contribution in [0.5, 0.6) is 5.75 Å². The van der Waals surface area contributed by atoms with Crippen molar-refractivity contribution >= 4 is 27.6 Å². The van der Waals surface area contributed by atoms with Crippen LogP contribution < -0.4 is 10.1 Å². The zero-order valence-electron chi connectivity index (χ0n) is 14.7. The van der Waals surface area contributed by atoms with E-state index in [1.54, 1.807) is 31.2 Å². The molecule has 0 bridgehead atoms. The van der Waals surface area contributed by atoms with Gasteiger partial charge in [0, 0.05) is 19.3 Å². The highest BCUT2D eigenvalue weighted by Gasteiger charge is 2.71. The third kappa shape index (κ3) is 3.16. The largest absolute Gasteiger partial charge is 0.482 e. The van der Waals surface area contributed by atoms with Crippen molar-refractivity contribution in [1.82, 2.24) is 4.31 Å². The fraction of sp³-hybridized carbons (Fsp3) is 0.529. The zero-order chi connectivity index (χ0) is 18.9. The van der Waals surface area contributed by atoms with Crippen LogP contribution in [0, 0.1) is 5.92 Å². The number of carbonyl (C=O) groups is 2.